The summed E-state index contributed by atoms with van der Waals surface area (Å²) >= 11 is 0. The van der Waals surface area contributed by atoms with Gasteiger partial charge in [0.1, 0.15) is 0 Å². The molecule has 1 atom stereocenters. The summed E-state index contributed by atoms with van der Waals surface area (Å²) in [6.07, 6.45) is 0.0737. The van der Waals surface area contributed by atoms with Crippen LogP contribution in [0.5, 0.6) is 0 Å². The van der Waals surface area contributed by atoms with Gasteiger partial charge in [-0.25, -0.2) is 4.79 Å². The molecule has 0 bridgehead atoms. The highest BCUT2D eigenvalue weighted by molar-refractivity contribution is 5.79. The average Bonchev–Trinajstić information content (AvgIpc) is 2.29. The number of carbonyl (C=O) groups is 2. The SMILES string of the molecule is Cc1cccnc1CC(=O)NC[C@H](O)C(=O)O. The first-order chi connectivity index (χ1) is 8.00. The van der Waals surface area contributed by atoms with Crippen molar-refractivity contribution >= 4 is 11.9 Å². The first-order valence-electron chi connectivity index (χ1n) is 5.08. The zero-order valence-corrected chi connectivity index (χ0v) is 9.38. The summed E-state index contributed by atoms with van der Waals surface area (Å²) in [5.74, 6) is -1.73. The molecule has 1 rings (SSSR count). The number of hydrogen-bond acceptors (Lipinski definition) is 4. The maximum atomic E-state index is 11.4. The van der Waals surface area contributed by atoms with Crippen molar-refractivity contribution in [2.75, 3.05) is 6.54 Å². The number of aryl methyl sites for hydroxylation is 1. The van der Waals surface area contributed by atoms with Crippen LogP contribution in [-0.4, -0.2) is 39.7 Å². The molecule has 0 aliphatic rings. The van der Waals surface area contributed by atoms with E-state index < -0.39 is 12.1 Å². The molecule has 6 nitrogen and oxygen atoms in total. The maximum absolute atomic E-state index is 11.4. The number of carboxylic acids is 1. The molecule has 0 spiro atoms. The number of carboxylic acid groups (broad SMARTS) is 1. The van der Waals surface area contributed by atoms with Gasteiger partial charge in [-0.2, -0.15) is 0 Å². The highest BCUT2D eigenvalue weighted by Crippen LogP contribution is 2.03. The van der Waals surface area contributed by atoms with Crippen molar-refractivity contribution in [2.24, 2.45) is 0 Å². The molecule has 0 aromatic carbocycles. The lowest BCUT2D eigenvalue weighted by atomic mass is 10.1. The summed E-state index contributed by atoms with van der Waals surface area (Å²) in [6, 6.07) is 3.60. The average molecular weight is 238 g/mol. The Balaban J connectivity index is 2.46. The van der Waals surface area contributed by atoms with Crippen LogP contribution in [0.15, 0.2) is 18.3 Å². The predicted octanol–water partition coefficient (Wildman–Crippen LogP) is -0.506. The number of nitrogens with zero attached hydrogens (tertiary/aromatic N) is 1. The molecule has 1 aromatic rings. The first kappa shape index (κ1) is 13.1. The Bertz CT molecular complexity index is 420. The van der Waals surface area contributed by atoms with E-state index in [1.165, 1.54) is 0 Å². The number of carbonyl (C=O) groups excluding carboxylic acids is 1. The molecule has 0 saturated carbocycles. The van der Waals surface area contributed by atoms with Gasteiger partial charge < -0.3 is 15.5 Å². The highest BCUT2D eigenvalue weighted by Gasteiger charge is 2.14. The third kappa shape index (κ3) is 4.20. The summed E-state index contributed by atoms with van der Waals surface area (Å²) in [6.45, 7) is 1.53. The zero-order chi connectivity index (χ0) is 12.8. The van der Waals surface area contributed by atoms with Crippen LogP contribution in [0.1, 0.15) is 11.3 Å². The molecular weight excluding hydrogens is 224 g/mol. The Morgan fingerprint density at radius 1 is 1.53 bits per heavy atom. The third-order valence-electron chi connectivity index (χ3n) is 2.22. The van der Waals surface area contributed by atoms with Crippen molar-refractivity contribution in [2.45, 2.75) is 19.4 Å². The van der Waals surface area contributed by atoms with E-state index in [-0.39, 0.29) is 18.9 Å². The summed E-state index contributed by atoms with van der Waals surface area (Å²) in [4.78, 5) is 25.8. The topological polar surface area (TPSA) is 99.5 Å². The van der Waals surface area contributed by atoms with Crippen molar-refractivity contribution < 1.29 is 19.8 Å². The Labute approximate surface area is 98.3 Å². The second kappa shape index (κ2) is 5.95. The normalized spacial score (nSPS) is 11.9. The minimum absolute atomic E-state index is 0.0685. The van der Waals surface area contributed by atoms with E-state index in [0.29, 0.717) is 5.69 Å². The van der Waals surface area contributed by atoms with Crippen LogP contribution in [0.4, 0.5) is 0 Å². The summed E-state index contributed by atoms with van der Waals surface area (Å²) in [7, 11) is 0. The second-order valence-electron chi connectivity index (χ2n) is 3.60. The fraction of sp³-hybridized carbons (Fsp3) is 0.364. The van der Waals surface area contributed by atoms with Crippen LogP contribution in [0.25, 0.3) is 0 Å². The van der Waals surface area contributed by atoms with E-state index in [2.05, 4.69) is 10.3 Å². The van der Waals surface area contributed by atoms with Gasteiger partial charge >= 0.3 is 5.97 Å². The molecule has 6 heteroatoms. The number of nitrogens with one attached hydrogen (secondary N) is 1. The van der Waals surface area contributed by atoms with Crippen molar-refractivity contribution in [3.8, 4) is 0 Å². The smallest absolute Gasteiger partial charge is 0.334 e. The van der Waals surface area contributed by atoms with Gasteiger partial charge in [0.2, 0.25) is 5.91 Å². The molecule has 0 unspecified atom stereocenters. The van der Waals surface area contributed by atoms with Gasteiger partial charge in [-0.1, -0.05) is 6.07 Å². The number of pyridine rings is 1. The first-order valence-corrected chi connectivity index (χ1v) is 5.08. The van der Waals surface area contributed by atoms with E-state index in [4.69, 9.17) is 10.2 Å². The minimum atomic E-state index is -1.58. The van der Waals surface area contributed by atoms with Crippen molar-refractivity contribution in [1.29, 1.82) is 0 Å². The highest BCUT2D eigenvalue weighted by atomic mass is 16.4. The Hall–Kier alpha value is -1.95. The van der Waals surface area contributed by atoms with Gasteiger partial charge in [-0.15, -0.1) is 0 Å². The van der Waals surface area contributed by atoms with Gasteiger partial charge in [0.05, 0.1) is 18.7 Å². The molecule has 92 valence electrons. The fourth-order valence-corrected chi connectivity index (χ4v) is 1.22. The van der Waals surface area contributed by atoms with Gasteiger partial charge in [0.15, 0.2) is 6.10 Å². The van der Waals surface area contributed by atoms with E-state index in [0.717, 1.165) is 5.56 Å². The van der Waals surface area contributed by atoms with Gasteiger partial charge in [0, 0.05) is 6.20 Å². The minimum Gasteiger partial charge on any atom is -0.479 e. The van der Waals surface area contributed by atoms with Gasteiger partial charge in [0.25, 0.3) is 0 Å². The zero-order valence-electron chi connectivity index (χ0n) is 9.38. The van der Waals surface area contributed by atoms with E-state index >= 15 is 0 Å². The van der Waals surface area contributed by atoms with E-state index in [1.807, 2.05) is 13.0 Å². The number of rotatable bonds is 5. The summed E-state index contributed by atoms with van der Waals surface area (Å²) in [5.41, 5.74) is 1.52. The van der Waals surface area contributed by atoms with E-state index in [1.54, 1.807) is 12.3 Å². The molecule has 0 radical (unpaired) electrons. The Morgan fingerprint density at radius 2 is 2.24 bits per heavy atom. The van der Waals surface area contributed by atoms with Crippen molar-refractivity contribution in [1.82, 2.24) is 10.3 Å². The van der Waals surface area contributed by atoms with Crippen LogP contribution in [-0.2, 0) is 16.0 Å². The monoisotopic (exact) mass is 238 g/mol. The second-order valence-corrected chi connectivity index (χ2v) is 3.60. The molecule has 17 heavy (non-hydrogen) atoms. The molecule has 0 fully saturated rings. The molecule has 1 heterocycles. The largest absolute Gasteiger partial charge is 0.479 e. The van der Waals surface area contributed by atoms with Crippen LogP contribution in [0, 0.1) is 6.92 Å². The number of amides is 1. The molecule has 0 saturated heterocycles. The molecule has 3 N–H and O–H groups in total. The van der Waals surface area contributed by atoms with Crippen molar-refractivity contribution in [3.05, 3.63) is 29.6 Å². The summed E-state index contributed by atoms with van der Waals surface area (Å²) in [5, 5.41) is 19.7. The number of hydrogen-bond donors (Lipinski definition) is 3. The van der Waals surface area contributed by atoms with Crippen LogP contribution < -0.4 is 5.32 Å². The Morgan fingerprint density at radius 3 is 2.82 bits per heavy atom. The molecule has 1 amide bonds. The van der Waals surface area contributed by atoms with Crippen molar-refractivity contribution in [3.63, 3.8) is 0 Å². The standard InChI is InChI=1S/C11H14N2O4/c1-7-3-2-4-12-8(7)5-10(15)13-6-9(14)11(16)17/h2-4,9,14H,5-6H2,1H3,(H,13,15)(H,16,17)/t9-/m0/s1. The third-order valence-corrected chi connectivity index (χ3v) is 2.22. The molecular formula is C11H14N2O4. The summed E-state index contributed by atoms with van der Waals surface area (Å²) < 4.78 is 0. The predicted molar refractivity (Wildman–Crippen MR) is 59.3 cm³/mol. The number of aliphatic carboxylic acids is 1. The fourth-order valence-electron chi connectivity index (χ4n) is 1.22. The van der Waals surface area contributed by atoms with Gasteiger partial charge in [-0.3, -0.25) is 9.78 Å². The van der Waals surface area contributed by atoms with Crippen LogP contribution in [0.2, 0.25) is 0 Å². The molecule has 0 aliphatic carbocycles. The lowest BCUT2D eigenvalue weighted by molar-refractivity contribution is -0.146. The van der Waals surface area contributed by atoms with Gasteiger partial charge in [-0.05, 0) is 18.6 Å². The Kier molecular flexibility index (Phi) is 4.59. The van der Waals surface area contributed by atoms with E-state index in [9.17, 15) is 9.59 Å². The number of aliphatic hydroxyl groups excluding tert-OH is 1. The lowest BCUT2D eigenvalue weighted by Crippen LogP contribution is -2.37. The van der Waals surface area contributed by atoms with Crippen LogP contribution in [0.3, 0.4) is 0 Å². The molecule has 0 aliphatic heterocycles. The lowest BCUT2D eigenvalue weighted by Gasteiger charge is -2.08. The molecule has 1 aromatic heterocycles. The number of aromatic nitrogens is 1. The van der Waals surface area contributed by atoms with Crippen LogP contribution >= 0.6 is 0 Å². The maximum Gasteiger partial charge on any atom is 0.334 e. The number of aliphatic hydroxyl groups is 1. The quantitative estimate of drug-likeness (QED) is 0.642.